The number of rotatable bonds is 7. The van der Waals surface area contributed by atoms with Gasteiger partial charge in [0.2, 0.25) is 0 Å². The van der Waals surface area contributed by atoms with E-state index in [9.17, 15) is 14.7 Å². The van der Waals surface area contributed by atoms with E-state index in [1.165, 1.54) is 0 Å². The highest BCUT2D eigenvalue weighted by atomic mass is 16.5. The number of hydrogen-bond donors (Lipinski definition) is 2. The highest BCUT2D eigenvalue weighted by molar-refractivity contribution is 6.03. The standard InChI is InChI=1S/C23H29N3O4/c1-14(2)11-23(4,25-22(28)29)13-30-19-7-6-16(10-15(19)3)17-8-9-24-18-12-26(5)21(27)20(17)18/h6-10,14,25H,11-13H2,1-5H3,(H,28,29). The topological polar surface area (TPSA) is 91.8 Å². The zero-order chi connectivity index (χ0) is 22.1. The van der Waals surface area contributed by atoms with Gasteiger partial charge in [0.15, 0.2) is 0 Å². The second-order valence-corrected chi connectivity index (χ2v) is 8.70. The summed E-state index contributed by atoms with van der Waals surface area (Å²) in [5.74, 6) is 0.990. The summed E-state index contributed by atoms with van der Waals surface area (Å²) in [5, 5.41) is 11.8. The molecule has 2 heterocycles. The van der Waals surface area contributed by atoms with Crippen molar-refractivity contribution in [2.45, 2.75) is 46.2 Å². The Hall–Kier alpha value is -3.09. The van der Waals surface area contributed by atoms with Gasteiger partial charge in [-0.15, -0.1) is 0 Å². The molecule has 7 heteroatoms. The second-order valence-electron chi connectivity index (χ2n) is 8.70. The summed E-state index contributed by atoms with van der Waals surface area (Å²) in [6, 6.07) is 7.65. The van der Waals surface area contributed by atoms with Gasteiger partial charge in [-0.2, -0.15) is 0 Å². The molecule has 2 aromatic rings. The number of fused-ring (bicyclic) bond motifs is 1. The Balaban J connectivity index is 1.83. The van der Waals surface area contributed by atoms with Crippen LogP contribution in [0.5, 0.6) is 5.75 Å². The van der Waals surface area contributed by atoms with Crippen molar-refractivity contribution in [3.05, 3.63) is 47.3 Å². The zero-order valence-electron chi connectivity index (χ0n) is 18.2. The molecule has 2 amide bonds. The van der Waals surface area contributed by atoms with E-state index in [-0.39, 0.29) is 12.5 Å². The van der Waals surface area contributed by atoms with Crippen LogP contribution in [0.25, 0.3) is 11.1 Å². The van der Waals surface area contributed by atoms with Crippen LogP contribution in [0.15, 0.2) is 30.5 Å². The molecule has 7 nitrogen and oxygen atoms in total. The Morgan fingerprint density at radius 3 is 2.73 bits per heavy atom. The lowest BCUT2D eigenvalue weighted by Gasteiger charge is -2.31. The summed E-state index contributed by atoms with van der Waals surface area (Å²) in [6.07, 6.45) is 1.33. The number of amides is 2. The van der Waals surface area contributed by atoms with E-state index >= 15 is 0 Å². The zero-order valence-corrected chi connectivity index (χ0v) is 18.2. The molecule has 30 heavy (non-hydrogen) atoms. The number of aryl methyl sites for hydroxylation is 1. The Labute approximate surface area is 177 Å². The van der Waals surface area contributed by atoms with Crippen LogP contribution in [-0.4, -0.2) is 46.2 Å². The largest absolute Gasteiger partial charge is 0.491 e. The van der Waals surface area contributed by atoms with Gasteiger partial charge >= 0.3 is 6.09 Å². The fourth-order valence-corrected chi connectivity index (χ4v) is 4.11. The second kappa shape index (κ2) is 8.34. The van der Waals surface area contributed by atoms with Crippen LogP contribution in [-0.2, 0) is 6.54 Å². The third kappa shape index (κ3) is 4.56. The molecule has 1 unspecified atom stereocenters. The molecule has 0 saturated heterocycles. The maximum absolute atomic E-state index is 12.5. The van der Waals surface area contributed by atoms with Crippen LogP contribution in [0.3, 0.4) is 0 Å². The van der Waals surface area contributed by atoms with Gasteiger partial charge in [0.25, 0.3) is 5.91 Å². The van der Waals surface area contributed by atoms with E-state index in [0.717, 1.165) is 22.4 Å². The first-order valence-corrected chi connectivity index (χ1v) is 10.1. The highest BCUT2D eigenvalue weighted by Gasteiger charge is 2.30. The summed E-state index contributed by atoms with van der Waals surface area (Å²) < 4.78 is 6.01. The van der Waals surface area contributed by atoms with Crippen LogP contribution in [0.1, 0.15) is 48.8 Å². The van der Waals surface area contributed by atoms with E-state index < -0.39 is 11.6 Å². The monoisotopic (exact) mass is 411 g/mol. The third-order valence-electron chi connectivity index (χ3n) is 5.28. The predicted molar refractivity (Wildman–Crippen MR) is 115 cm³/mol. The van der Waals surface area contributed by atoms with Crippen molar-refractivity contribution in [1.82, 2.24) is 15.2 Å². The molecule has 1 aromatic carbocycles. The van der Waals surface area contributed by atoms with Gasteiger partial charge in [-0.1, -0.05) is 19.9 Å². The fourth-order valence-electron chi connectivity index (χ4n) is 4.11. The molecule has 1 aliphatic heterocycles. The summed E-state index contributed by atoms with van der Waals surface area (Å²) in [6.45, 7) is 8.64. The van der Waals surface area contributed by atoms with Crippen molar-refractivity contribution < 1.29 is 19.4 Å². The normalized spacial score (nSPS) is 15.1. The molecule has 0 saturated carbocycles. The molecule has 0 spiro atoms. The molecule has 1 aromatic heterocycles. The molecule has 2 N–H and O–H groups in total. The molecule has 1 aliphatic rings. The smallest absolute Gasteiger partial charge is 0.405 e. The van der Waals surface area contributed by atoms with E-state index in [1.807, 2.05) is 52.0 Å². The summed E-state index contributed by atoms with van der Waals surface area (Å²) in [7, 11) is 1.77. The van der Waals surface area contributed by atoms with Gasteiger partial charge in [0.1, 0.15) is 12.4 Å². The third-order valence-corrected chi connectivity index (χ3v) is 5.28. The summed E-state index contributed by atoms with van der Waals surface area (Å²) in [5.41, 5.74) is 3.47. The van der Waals surface area contributed by atoms with Gasteiger partial charge in [-0.3, -0.25) is 9.78 Å². The first-order valence-electron chi connectivity index (χ1n) is 10.1. The molecule has 1 atom stereocenters. The number of nitrogens with one attached hydrogen (secondary N) is 1. The van der Waals surface area contributed by atoms with Crippen LogP contribution in [0, 0.1) is 12.8 Å². The van der Waals surface area contributed by atoms with Crippen molar-refractivity contribution >= 4 is 12.0 Å². The molecule has 0 bridgehead atoms. The fraction of sp³-hybridized carbons (Fsp3) is 0.435. The number of nitrogens with zero attached hydrogens (tertiary/aromatic N) is 2. The van der Waals surface area contributed by atoms with E-state index in [4.69, 9.17) is 4.74 Å². The van der Waals surface area contributed by atoms with Crippen molar-refractivity contribution in [1.29, 1.82) is 0 Å². The summed E-state index contributed by atoms with van der Waals surface area (Å²) in [4.78, 5) is 29.8. The minimum Gasteiger partial charge on any atom is -0.491 e. The SMILES string of the molecule is Cc1cc(-c2ccnc3c2C(=O)N(C)C3)ccc1OCC(C)(CC(C)C)NC(=O)O. The van der Waals surface area contributed by atoms with E-state index in [2.05, 4.69) is 10.3 Å². The number of carbonyl (C=O) groups is 2. The number of ether oxygens (including phenoxy) is 1. The Bertz CT molecular complexity index is 973. The summed E-state index contributed by atoms with van der Waals surface area (Å²) >= 11 is 0. The Morgan fingerprint density at radius 1 is 1.37 bits per heavy atom. The molecular formula is C23H29N3O4. The van der Waals surface area contributed by atoms with Gasteiger partial charge in [-0.25, -0.2) is 4.79 Å². The number of carbonyl (C=O) groups excluding carboxylic acids is 1. The van der Waals surface area contributed by atoms with E-state index in [0.29, 0.717) is 30.2 Å². The lowest BCUT2D eigenvalue weighted by atomic mass is 9.91. The Kier molecular flexibility index (Phi) is 6.01. The Morgan fingerprint density at radius 2 is 2.10 bits per heavy atom. The number of hydrogen-bond acceptors (Lipinski definition) is 4. The molecule has 3 rings (SSSR count). The van der Waals surface area contributed by atoms with Crippen LogP contribution in [0.2, 0.25) is 0 Å². The van der Waals surface area contributed by atoms with Crippen LogP contribution < -0.4 is 10.1 Å². The van der Waals surface area contributed by atoms with Gasteiger partial charge in [0, 0.05) is 13.2 Å². The predicted octanol–water partition coefficient (Wildman–Crippen LogP) is 4.09. The minimum atomic E-state index is -1.06. The lowest BCUT2D eigenvalue weighted by Crippen LogP contribution is -2.50. The quantitative estimate of drug-likeness (QED) is 0.716. The minimum absolute atomic E-state index is 0.0183. The first-order chi connectivity index (χ1) is 14.1. The van der Waals surface area contributed by atoms with Crippen molar-refractivity contribution in [2.75, 3.05) is 13.7 Å². The maximum atomic E-state index is 12.5. The van der Waals surface area contributed by atoms with Crippen molar-refractivity contribution in [3.63, 3.8) is 0 Å². The molecular weight excluding hydrogens is 382 g/mol. The molecule has 0 aliphatic carbocycles. The average molecular weight is 412 g/mol. The number of aromatic nitrogens is 1. The van der Waals surface area contributed by atoms with Crippen LogP contribution >= 0.6 is 0 Å². The molecule has 0 fully saturated rings. The van der Waals surface area contributed by atoms with Gasteiger partial charge in [0.05, 0.1) is 23.3 Å². The molecule has 0 radical (unpaired) electrons. The average Bonchev–Trinajstić information content (AvgIpc) is 2.93. The number of carboxylic acid groups (broad SMARTS) is 1. The molecule has 160 valence electrons. The van der Waals surface area contributed by atoms with Crippen molar-refractivity contribution in [2.24, 2.45) is 5.92 Å². The van der Waals surface area contributed by atoms with Crippen molar-refractivity contribution in [3.8, 4) is 16.9 Å². The van der Waals surface area contributed by atoms with Crippen LogP contribution in [0.4, 0.5) is 4.79 Å². The number of pyridine rings is 1. The highest BCUT2D eigenvalue weighted by Crippen LogP contribution is 2.33. The lowest BCUT2D eigenvalue weighted by molar-refractivity contribution is 0.0816. The maximum Gasteiger partial charge on any atom is 0.405 e. The first kappa shape index (κ1) is 21.6. The van der Waals surface area contributed by atoms with E-state index in [1.54, 1.807) is 18.1 Å². The van der Waals surface area contributed by atoms with Gasteiger partial charge < -0.3 is 20.1 Å². The van der Waals surface area contributed by atoms with Gasteiger partial charge in [-0.05, 0) is 61.1 Å². The number of benzene rings is 1.